The molecule has 1 saturated heterocycles. The number of alkyl halides is 3. The highest BCUT2D eigenvalue weighted by molar-refractivity contribution is 5.95. The van der Waals surface area contributed by atoms with Gasteiger partial charge in [0, 0.05) is 12.4 Å². The highest BCUT2D eigenvalue weighted by atomic mass is 19.4. The molecule has 1 aliphatic heterocycles. The third kappa shape index (κ3) is 4.86. The average Bonchev–Trinajstić information content (AvgIpc) is 3.36. The van der Waals surface area contributed by atoms with Crippen molar-refractivity contribution in [3.05, 3.63) is 102 Å². The molecule has 0 atom stereocenters. The number of carboxylic acid groups (broad SMARTS) is 1. The van der Waals surface area contributed by atoms with Gasteiger partial charge < -0.3 is 24.0 Å². The lowest BCUT2D eigenvalue weighted by atomic mass is 10.1. The molecule has 1 aromatic heterocycles. The summed E-state index contributed by atoms with van der Waals surface area (Å²) >= 11 is 0. The number of nitrogens with zero attached hydrogens (tertiary/aromatic N) is 2. The molecule has 1 aliphatic rings. The van der Waals surface area contributed by atoms with Gasteiger partial charge in [0.25, 0.3) is 0 Å². The van der Waals surface area contributed by atoms with Crippen LogP contribution in [-0.4, -0.2) is 34.8 Å². The lowest BCUT2D eigenvalue weighted by Gasteiger charge is -2.41. The van der Waals surface area contributed by atoms with E-state index in [1.807, 2.05) is 30.6 Å². The molecule has 0 spiro atoms. The van der Waals surface area contributed by atoms with Crippen molar-refractivity contribution >= 4 is 11.7 Å². The largest absolute Gasteiger partial charge is 0.487 e. The summed E-state index contributed by atoms with van der Waals surface area (Å²) in [5.41, 5.74) is 0.907. The number of ether oxygens (including phenoxy) is 2. The predicted octanol–water partition coefficient (Wildman–Crippen LogP) is 6.25. The van der Waals surface area contributed by atoms with E-state index in [0.29, 0.717) is 36.0 Å². The van der Waals surface area contributed by atoms with Crippen LogP contribution in [0.4, 0.5) is 18.9 Å². The van der Waals surface area contributed by atoms with Crippen molar-refractivity contribution in [2.75, 3.05) is 18.0 Å². The lowest BCUT2D eigenvalue weighted by Crippen LogP contribution is -2.54. The normalized spacial score (nSPS) is 13.8. The minimum absolute atomic E-state index is 0.0855. The minimum atomic E-state index is -4.39. The number of hydrogen-bond acceptors (Lipinski definition) is 4. The number of carboxylic acids is 1. The molecule has 5 rings (SSSR count). The number of anilines is 1. The maximum Gasteiger partial charge on any atom is 0.416 e. The third-order valence-electron chi connectivity index (χ3n) is 5.84. The Balaban J connectivity index is 1.21. The first-order valence-corrected chi connectivity index (χ1v) is 11.1. The number of carbonyl (C=O) groups is 1. The van der Waals surface area contributed by atoms with Crippen LogP contribution in [0.1, 0.15) is 15.9 Å². The molecule has 0 radical (unpaired) electrons. The van der Waals surface area contributed by atoms with Crippen LogP contribution in [0.5, 0.6) is 17.2 Å². The van der Waals surface area contributed by atoms with Gasteiger partial charge in [0.05, 0.1) is 35.6 Å². The lowest BCUT2D eigenvalue weighted by molar-refractivity contribution is -0.137. The zero-order chi connectivity index (χ0) is 25.3. The summed E-state index contributed by atoms with van der Waals surface area (Å²) in [5, 5.41) is 9.66. The smallest absolute Gasteiger partial charge is 0.416 e. The maximum atomic E-state index is 12.7. The van der Waals surface area contributed by atoms with Gasteiger partial charge in [-0.25, -0.2) is 4.79 Å². The van der Waals surface area contributed by atoms with E-state index in [1.54, 1.807) is 41.0 Å². The van der Waals surface area contributed by atoms with Crippen LogP contribution in [0.25, 0.3) is 5.69 Å². The first-order valence-electron chi connectivity index (χ1n) is 11.1. The molecule has 0 saturated carbocycles. The number of rotatable bonds is 7. The summed E-state index contributed by atoms with van der Waals surface area (Å²) in [7, 11) is 0. The molecule has 1 N–H and O–H groups in total. The second-order valence-corrected chi connectivity index (χ2v) is 8.31. The van der Waals surface area contributed by atoms with Crippen LogP contribution in [-0.2, 0) is 6.18 Å². The Morgan fingerprint density at radius 3 is 2.00 bits per heavy atom. The van der Waals surface area contributed by atoms with Gasteiger partial charge in [-0.15, -0.1) is 0 Å². The molecular formula is C27H21F3N2O4. The number of para-hydroxylation sites is 1. The number of halogens is 3. The van der Waals surface area contributed by atoms with Gasteiger partial charge in [-0.3, -0.25) is 0 Å². The molecule has 0 unspecified atom stereocenters. The zero-order valence-electron chi connectivity index (χ0n) is 18.9. The fourth-order valence-electron chi connectivity index (χ4n) is 4.05. The van der Waals surface area contributed by atoms with Crippen LogP contribution >= 0.6 is 0 Å². The topological polar surface area (TPSA) is 63.9 Å². The molecular weight excluding hydrogens is 473 g/mol. The van der Waals surface area contributed by atoms with Gasteiger partial charge in [-0.05, 0) is 72.8 Å². The zero-order valence-corrected chi connectivity index (χ0v) is 18.9. The molecule has 184 valence electrons. The third-order valence-corrected chi connectivity index (χ3v) is 5.84. The molecule has 0 bridgehead atoms. The Morgan fingerprint density at radius 1 is 0.833 bits per heavy atom. The Kier molecular flexibility index (Phi) is 6.05. The van der Waals surface area contributed by atoms with Gasteiger partial charge in [0.15, 0.2) is 0 Å². The molecule has 6 nitrogen and oxygen atoms in total. The standard InChI is InChI=1S/C27H21F3N2O4/c28-27(29,30)18-6-8-19(9-7-18)35-20-10-12-21(13-11-20)36-22-16-32(17-22)24-5-3-4-23(26(33)34)25(24)31-14-1-2-15-31/h1-15,22H,16-17H2,(H,33,34). The molecule has 9 heteroatoms. The number of aromatic carboxylic acids is 1. The van der Waals surface area contributed by atoms with Gasteiger partial charge in [0.2, 0.25) is 0 Å². The molecule has 2 heterocycles. The molecule has 0 aliphatic carbocycles. The first-order chi connectivity index (χ1) is 17.3. The van der Waals surface area contributed by atoms with E-state index in [4.69, 9.17) is 9.47 Å². The summed E-state index contributed by atoms with van der Waals surface area (Å²) in [6.07, 6.45) is -0.851. The van der Waals surface area contributed by atoms with E-state index in [1.165, 1.54) is 12.1 Å². The van der Waals surface area contributed by atoms with Crippen molar-refractivity contribution in [1.29, 1.82) is 0 Å². The van der Waals surface area contributed by atoms with Gasteiger partial charge in [-0.1, -0.05) is 6.07 Å². The van der Waals surface area contributed by atoms with Crippen molar-refractivity contribution in [3.8, 4) is 22.9 Å². The van der Waals surface area contributed by atoms with Crippen LogP contribution in [0.2, 0.25) is 0 Å². The Hall–Kier alpha value is -4.40. The number of benzene rings is 3. The Labute approximate surface area is 204 Å². The second-order valence-electron chi connectivity index (χ2n) is 8.31. The molecule has 1 fully saturated rings. The first kappa shape index (κ1) is 23.3. The molecule has 3 aromatic carbocycles. The Bertz CT molecular complexity index is 1350. The fraction of sp³-hybridized carbons (Fsp3) is 0.148. The van der Waals surface area contributed by atoms with E-state index in [0.717, 1.165) is 17.8 Å². The van der Waals surface area contributed by atoms with E-state index < -0.39 is 17.7 Å². The molecule has 36 heavy (non-hydrogen) atoms. The number of hydrogen-bond donors (Lipinski definition) is 1. The minimum Gasteiger partial charge on any atom is -0.487 e. The van der Waals surface area contributed by atoms with Crippen LogP contribution in [0, 0.1) is 0 Å². The second kappa shape index (κ2) is 9.33. The van der Waals surface area contributed by atoms with E-state index in [2.05, 4.69) is 4.90 Å². The van der Waals surface area contributed by atoms with E-state index in [-0.39, 0.29) is 11.7 Å². The predicted molar refractivity (Wildman–Crippen MR) is 127 cm³/mol. The van der Waals surface area contributed by atoms with Crippen molar-refractivity contribution < 1.29 is 32.5 Å². The van der Waals surface area contributed by atoms with Gasteiger partial charge in [-0.2, -0.15) is 13.2 Å². The SMILES string of the molecule is O=C(O)c1cccc(N2CC(Oc3ccc(Oc4ccc(C(F)(F)F)cc4)cc3)C2)c1-n1cccc1. The van der Waals surface area contributed by atoms with E-state index >= 15 is 0 Å². The fourth-order valence-corrected chi connectivity index (χ4v) is 4.05. The highest BCUT2D eigenvalue weighted by Gasteiger charge is 2.32. The van der Waals surface area contributed by atoms with Crippen molar-refractivity contribution in [2.45, 2.75) is 12.3 Å². The van der Waals surface area contributed by atoms with Crippen LogP contribution in [0.3, 0.4) is 0 Å². The quantitative estimate of drug-likeness (QED) is 0.329. The Morgan fingerprint density at radius 2 is 1.42 bits per heavy atom. The molecule has 4 aromatic rings. The average molecular weight is 494 g/mol. The van der Waals surface area contributed by atoms with Crippen LogP contribution in [0.15, 0.2) is 91.3 Å². The summed E-state index contributed by atoms with van der Waals surface area (Å²) in [6.45, 7) is 1.17. The summed E-state index contributed by atoms with van der Waals surface area (Å²) in [5.74, 6) is 0.407. The summed E-state index contributed by atoms with van der Waals surface area (Å²) in [4.78, 5) is 13.9. The monoisotopic (exact) mass is 494 g/mol. The maximum absolute atomic E-state index is 12.7. The molecule has 0 amide bonds. The van der Waals surface area contributed by atoms with Crippen molar-refractivity contribution in [1.82, 2.24) is 4.57 Å². The summed E-state index contributed by atoms with van der Waals surface area (Å²) < 4.78 is 51.5. The summed E-state index contributed by atoms with van der Waals surface area (Å²) in [6, 6.07) is 20.2. The van der Waals surface area contributed by atoms with Gasteiger partial charge in [0.1, 0.15) is 23.4 Å². The van der Waals surface area contributed by atoms with E-state index in [9.17, 15) is 23.1 Å². The highest BCUT2D eigenvalue weighted by Crippen LogP contribution is 2.34. The van der Waals surface area contributed by atoms with Gasteiger partial charge >= 0.3 is 12.1 Å². The van der Waals surface area contributed by atoms with Crippen molar-refractivity contribution in [2.24, 2.45) is 0 Å². The number of aromatic nitrogens is 1. The van der Waals surface area contributed by atoms with Crippen LogP contribution < -0.4 is 14.4 Å². The van der Waals surface area contributed by atoms with Crippen molar-refractivity contribution in [3.63, 3.8) is 0 Å².